The average molecular weight is 432 g/mol. The van der Waals surface area contributed by atoms with E-state index in [0.29, 0.717) is 17.3 Å². The zero-order chi connectivity index (χ0) is 20.5. The number of nitrogens with zero attached hydrogens (tertiary/aromatic N) is 3. The Balaban J connectivity index is 1.62. The topological polar surface area (TPSA) is 70.6 Å². The molecule has 0 radical (unpaired) electrons. The first-order chi connectivity index (χ1) is 14.0. The predicted octanol–water partition coefficient (Wildman–Crippen LogP) is 3.56. The van der Waals surface area contributed by atoms with Gasteiger partial charge in [0, 0.05) is 7.05 Å². The first-order valence-electron chi connectivity index (χ1n) is 10.0. The normalized spacial score (nSPS) is 22.8. The Morgan fingerprint density at radius 3 is 2.52 bits per heavy atom. The number of benzene rings is 1. The van der Waals surface area contributed by atoms with E-state index in [-0.39, 0.29) is 29.6 Å². The van der Waals surface area contributed by atoms with Gasteiger partial charge in [-0.3, -0.25) is 24.2 Å². The lowest BCUT2D eigenvalue weighted by Crippen LogP contribution is -2.51. The van der Waals surface area contributed by atoms with Crippen molar-refractivity contribution in [2.45, 2.75) is 38.1 Å². The van der Waals surface area contributed by atoms with Gasteiger partial charge in [-0.25, -0.2) is 4.98 Å². The molecule has 0 N–H and O–H groups in total. The molecular weight excluding hydrogens is 406 g/mol. The van der Waals surface area contributed by atoms with Crippen molar-refractivity contribution in [3.8, 4) is 0 Å². The molecule has 0 bridgehead atoms. The minimum atomic E-state index is -0.759. The van der Waals surface area contributed by atoms with E-state index in [1.165, 1.54) is 21.1 Å². The van der Waals surface area contributed by atoms with Crippen LogP contribution in [0.5, 0.6) is 0 Å². The van der Waals surface area contributed by atoms with E-state index < -0.39 is 6.04 Å². The van der Waals surface area contributed by atoms with Crippen molar-refractivity contribution >= 4 is 56.2 Å². The van der Waals surface area contributed by atoms with Crippen LogP contribution in [0.3, 0.4) is 0 Å². The van der Waals surface area contributed by atoms with Crippen LogP contribution >= 0.6 is 23.1 Å². The quantitative estimate of drug-likeness (QED) is 0.654. The van der Waals surface area contributed by atoms with Crippen LogP contribution in [0.25, 0.3) is 10.2 Å². The fraction of sp³-hybridized carbons (Fsp3) is 0.524. The summed E-state index contributed by atoms with van der Waals surface area (Å²) in [6.07, 6.45) is 5.89. The van der Waals surface area contributed by atoms with E-state index in [0.717, 1.165) is 35.9 Å². The summed E-state index contributed by atoms with van der Waals surface area (Å²) < 4.78 is 1.00. The molecule has 3 amide bonds. The van der Waals surface area contributed by atoms with E-state index in [1.807, 2.05) is 30.5 Å². The molecule has 2 aliphatic rings. The molecule has 1 aromatic carbocycles. The highest BCUT2D eigenvalue weighted by Gasteiger charge is 2.52. The standard InChI is InChI=1S/C21H25N3O3S2/c1-23(21-22-15-9-5-6-10-17(15)29-21)20(27)16(11-12-28-2)24-18(25)13-7-3-4-8-14(13)19(24)26/h5-6,9-10,13-14,16H,3-4,7-8,11-12H2,1-2H3/t13-,14+,16-/m1/s1. The number of rotatable bonds is 6. The maximum Gasteiger partial charge on any atom is 0.251 e. The van der Waals surface area contributed by atoms with Gasteiger partial charge in [0.2, 0.25) is 11.8 Å². The van der Waals surface area contributed by atoms with Gasteiger partial charge in [-0.1, -0.05) is 36.3 Å². The second-order valence-corrected chi connectivity index (χ2v) is 9.70. The summed E-state index contributed by atoms with van der Waals surface area (Å²) in [5, 5.41) is 0.585. The van der Waals surface area contributed by atoms with Crippen LogP contribution in [0, 0.1) is 11.8 Å². The molecule has 6 nitrogen and oxygen atoms in total. The van der Waals surface area contributed by atoms with Crippen LogP contribution in [0.2, 0.25) is 0 Å². The van der Waals surface area contributed by atoms with Gasteiger partial charge >= 0.3 is 0 Å². The Morgan fingerprint density at radius 1 is 1.24 bits per heavy atom. The molecule has 2 heterocycles. The summed E-state index contributed by atoms with van der Waals surface area (Å²) in [7, 11) is 1.68. The van der Waals surface area contributed by atoms with Gasteiger partial charge in [-0.05, 0) is 43.4 Å². The van der Waals surface area contributed by atoms with Crippen LogP contribution in [0.15, 0.2) is 24.3 Å². The summed E-state index contributed by atoms with van der Waals surface area (Å²) in [5.74, 6) is -0.328. The van der Waals surface area contributed by atoms with Crippen LogP contribution in [0.4, 0.5) is 5.13 Å². The number of carbonyl (C=O) groups excluding carboxylic acids is 3. The number of carbonyl (C=O) groups is 3. The van der Waals surface area contributed by atoms with E-state index >= 15 is 0 Å². The maximum absolute atomic E-state index is 13.4. The molecule has 1 aromatic heterocycles. The van der Waals surface area contributed by atoms with Crippen molar-refractivity contribution in [2.24, 2.45) is 11.8 Å². The minimum Gasteiger partial charge on any atom is -0.289 e. The summed E-state index contributed by atoms with van der Waals surface area (Å²) in [4.78, 5) is 47.0. The van der Waals surface area contributed by atoms with Crippen molar-refractivity contribution in [1.29, 1.82) is 0 Å². The molecule has 2 fully saturated rings. The highest BCUT2D eigenvalue weighted by Crippen LogP contribution is 2.40. The highest BCUT2D eigenvalue weighted by atomic mass is 32.2. The first kappa shape index (κ1) is 20.3. The molecular formula is C21H25N3O3S2. The second kappa shape index (κ2) is 8.44. The Morgan fingerprint density at radius 2 is 1.90 bits per heavy atom. The number of thioether (sulfide) groups is 1. The molecule has 1 saturated carbocycles. The minimum absolute atomic E-state index is 0.156. The molecule has 1 saturated heterocycles. The number of imide groups is 1. The number of fused-ring (bicyclic) bond motifs is 2. The Hall–Kier alpha value is -1.93. The predicted molar refractivity (Wildman–Crippen MR) is 117 cm³/mol. The molecule has 2 aromatic rings. The van der Waals surface area contributed by atoms with Crippen molar-refractivity contribution in [1.82, 2.24) is 9.88 Å². The van der Waals surface area contributed by atoms with Gasteiger partial charge in [-0.2, -0.15) is 11.8 Å². The van der Waals surface area contributed by atoms with Gasteiger partial charge in [0.05, 0.1) is 22.1 Å². The third-order valence-corrected chi connectivity index (χ3v) is 7.72. The number of hydrogen-bond donors (Lipinski definition) is 0. The fourth-order valence-corrected chi connectivity index (χ4v) is 5.80. The summed E-state index contributed by atoms with van der Waals surface area (Å²) in [5.41, 5.74) is 0.840. The molecule has 0 spiro atoms. The van der Waals surface area contributed by atoms with Gasteiger partial charge in [0.1, 0.15) is 6.04 Å². The van der Waals surface area contributed by atoms with Crippen LogP contribution in [-0.4, -0.2) is 52.7 Å². The van der Waals surface area contributed by atoms with Gasteiger partial charge in [-0.15, -0.1) is 0 Å². The average Bonchev–Trinajstić information content (AvgIpc) is 3.28. The molecule has 8 heteroatoms. The van der Waals surface area contributed by atoms with E-state index in [1.54, 1.807) is 18.8 Å². The van der Waals surface area contributed by atoms with Crippen molar-refractivity contribution in [3.63, 3.8) is 0 Å². The Kier molecular flexibility index (Phi) is 5.92. The number of para-hydroxylation sites is 1. The molecule has 1 aliphatic heterocycles. The third kappa shape index (κ3) is 3.68. The van der Waals surface area contributed by atoms with Crippen LogP contribution < -0.4 is 4.90 Å². The van der Waals surface area contributed by atoms with Crippen molar-refractivity contribution in [3.05, 3.63) is 24.3 Å². The van der Waals surface area contributed by atoms with Crippen LogP contribution in [0.1, 0.15) is 32.1 Å². The number of hydrogen-bond acceptors (Lipinski definition) is 6. The van der Waals surface area contributed by atoms with E-state index in [2.05, 4.69) is 4.98 Å². The molecule has 0 unspecified atom stereocenters. The largest absolute Gasteiger partial charge is 0.289 e. The highest BCUT2D eigenvalue weighted by molar-refractivity contribution is 7.98. The second-order valence-electron chi connectivity index (χ2n) is 7.70. The first-order valence-corrected chi connectivity index (χ1v) is 12.2. The lowest BCUT2D eigenvalue weighted by molar-refractivity contribution is -0.147. The summed E-state index contributed by atoms with van der Waals surface area (Å²) >= 11 is 3.05. The molecule has 1 aliphatic carbocycles. The van der Waals surface area contributed by atoms with Gasteiger partial charge in [0.25, 0.3) is 5.91 Å². The Bertz CT molecular complexity index is 887. The number of anilines is 1. The fourth-order valence-electron chi connectivity index (χ4n) is 4.41. The summed E-state index contributed by atoms with van der Waals surface area (Å²) in [6.45, 7) is 0. The zero-order valence-corrected chi connectivity index (χ0v) is 18.3. The number of aromatic nitrogens is 1. The third-order valence-electron chi connectivity index (χ3n) is 5.97. The lowest BCUT2D eigenvalue weighted by atomic mass is 9.81. The molecule has 29 heavy (non-hydrogen) atoms. The van der Waals surface area contributed by atoms with Crippen molar-refractivity contribution in [2.75, 3.05) is 24.0 Å². The molecule has 4 rings (SSSR count). The number of thiazole rings is 1. The van der Waals surface area contributed by atoms with E-state index in [4.69, 9.17) is 0 Å². The number of amides is 3. The SMILES string of the molecule is CSCC[C@H](C(=O)N(C)c1nc2ccccc2s1)N1C(=O)[C@H]2CCCC[C@H]2C1=O. The van der Waals surface area contributed by atoms with Gasteiger partial charge < -0.3 is 0 Å². The smallest absolute Gasteiger partial charge is 0.251 e. The number of likely N-dealkylation sites (tertiary alicyclic amines) is 1. The maximum atomic E-state index is 13.4. The monoisotopic (exact) mass is 431 g/mol. The van der Waals surface area contributed by atoms with Gasteiger partial charge in [0.15, 0.2) is 5.13 Å². The lowest BCUT2D eigenvalue weighted by Gasteiger charge is -2.28. The Labute approximate surface area is 178 Å². The zero-order valence-electron chi connectivity index (χ0n) is 16.7. The molecule has 3 atom stereocenters. The van der Waals surface area contributed by atoms with Crippen LogP contribution in [-0.2, 0) is 14.4 Å². The number of likely N-dealkylation sites (N-methyl/N-ethyl adjacent to an activating group) is 1. The molecule has 154 valence electrons. The van der Waals surface area contributed by atoms with Crippen molar-refractivity contribution < 1.29 is 14.4 Å². The summed E-state index contributed by atoms with van der Waals surface area (Å²) in [6, 6.07) is 6.98. The van der Waals surface area contributed by atoms with E-state index in [9.17, 15) is 14.4 Å².